The molecule has 1 atom stereocenters. The summed E-state index contributed by atoms with van der Waals surface area (Å²) in [6.07, 6.45) is 3.72. The molecule has 3 rings (SSSR count). The van der Waals surface area contributed by atoms with E-state index in [4.69, 9.17) is 4.74 Å². The van der Waals surface area contributed by atoms with Crippen LogP contribution in [-0.2, 0) is 17.6 Å². The van der Waals surface area contributed by atoms with Crippen LogP contribution in [0.2, 0.25) is 0 Å². The molecule has 1 unspecified atom stereocenters. The van der Waals surface area contributed by atoms with Gasteiger partial charge in [-0.2, -0.15) is 0 Å². The van der Waals surface area contributed by atoms with Crippen molar-refractivity contribution < 1.29 is 9.53 Å². The van der Waals surface area contributed by atoms with Crippen LogP contribution in [0.25, 0.3) is 0 Å². The summed E-state index contributed by atoms with van der Waals surface area (Å²) < 4.78 is 5.54. The number of amides is 1. The van der Waals surface area contributed by atoms with Gasteiger partial charge in [0.2, 0.25) is 5.91 Å². The molecule has 0 spiro atoms. The molecule has 0 fully saturated rings. The van der Waals surface area contributed by atoms with Crippen LogP contribution in [0.4, 0.5) is 0 Å². The maximum absolute atomic E-state index is 12.3. The fourth-order valence-electron chi connectivity index (χ4n) is 2.42. The number of benzene rings is 1. The zero-order valence-corrected chi connectivity index (χ0v) is 12.8. The van der Waals surface area contributed by atoms with Gasteiger partial charge in [-0.3, -0.25) is 4.79 Å². The molecule has 0 saturated carbocycles. The van der Waals surface area contributed by atoms with Gasteiger partial charge in [-0.15, -0.1) is 11.3 Å². The second kappa shape index (κ2) is 6.26. The Labute approximate surface area is 128 Å². The van der Waals surface area contributed by atoms with Crippen LogP contribution in [0.15, 0.2) is 30.5 Å². The molecule has 110 valence electrons. The summed E-state index contributed by atoms with van der Waals surface area (Å²) in [5.41, 5.74) is 0.984. The SMILES string of the molecule is CCc1cnc(CCNC(=O)C2COc3ccccc32)s1. The Balaban J connectivity index is 1.53. The second-order valence-electron chi connectivity index (χ2n) is 5.02. The lowest BCUT2D eigenvalue weighted by Gasteiger charge is -2.09. The van der Waals surface area contributed by atoms with Crippen molar-refractivity contribution in [2.75, 3.05) is 13.2 Å². The summed E-state index contributed by atoms with van der Waals surface area (Å²) in [4.78, 5) is 17.9. The summed E-state index contributed by atoms with van der Waals surface area (Å²) in [6, 6.07) is 7.73. The first-order valence-electron chi connectivity index (χ1n) is 7.21. The Hall–Kier alpha value is -1.88. The largest absolute Gasteiger partial charge is 0.492 e. The number of hydrogen-bond donors (Lipinski definition) is 1. The van der Waals surface area contributed by atoms with E-state index in [0.717, 1.165) is 29.2 Å². The monoisotopic (exact) mass is 302 g/mol. The molecule has 1 amide bonds. The third kappa shape index (κ3) is 3.08. The lowest BCUT2D eigenvalue weighted by atomic mass is 10.0. The van der Waals surface area contributed by atoms with Crippen LogP contribution in [-0.4, -0.2) is 24.0 Å². The summed E-state index contributed by atoms with van der Waals surface area (Å²) in [5, 5.41) is 4.07. The zero-order valence-electron chi connectivity index (χ0n) is 12.0. The Morgan fingerprint density at radius 1 is 1.48 bits per heavy atom. The number of aryl methyl sites for hydroxylation is 1. The molecule has 5 heteroatoms. The van der Waals surface area contributed by atoms with Gasteiger partial charge < -0.3 is 10.1 Å². The number of nitrogens with one attached hydrogen (secondary N) is 1. The van der Waals surface area contributed by atoms with Crippen LogP contribution >= 0.6 is 11.3 Å². The van der Waals surface area contributed by atoms with Crippen LogP contribution < -0.4 is 10.1 Å². The average molecular weight is 302 g/mol. The van der Waals surface area contributed by atoms with Crippen molar-refractivity contribution in [2.24, 2.45) is 0 Å². The van der Waals surface area contributed by atoms with Gasteiger partial charge in [-0.05, 0) is 12.5 Å². The minimum absolute atomic E-state index is 0.0345. The third-order valence-electron chi connectivity index (χ3n) is 3.60. The highest BCUT2D eigenvalue weighted by Crippen LogP contribution is 2.33. The maximum atomic E-state index is 12.3. The van der Waals surface area contributed by atoms with Crippen molar-refractivity contribution in [3.8, 4) is 5.75 Å². The minimum Gasteiger partial charge on any atom is -0.492 e. The van der Waals surface area contributed by atoms with E-state index in [9.17, 15) is 4.79 Å². The van der Waals surface area contributed by atoms with E-state index in [1.54, 1.807) is 11.3 Å². The number of thiazole rings is 1. The molecule has 1 aliphatic rings. The molecule has 1 aromatic heterocycles. The van der Waals surface area contributed by atoms with Crippen molar-refractivity contribution in [3.05, 3.63) is 45.9 Å². The number of carbonyl (C=O) groups is 1. The van der Waals surface area contributed by atoms with Crippen molar-refractivity contribution >= 4 is 17.2 Å². The molecule has 1 aliphatic heterocycles. The molecule has 1 N–H and O–H groups in total. The van der Waals surface area contributed by atoms with E-state index in [2.05, 4.69) is 17.2 Å². The van der Waals surface area contributed by atoms with Crippen molar-refractivity contribution in [1.82, 2.24) is 10.3 Å². The summed E-state index contributed by atoms with van der Waals surface area (Å²) in [7, 11) is 0. The molecule has 21 heavy (non-hydrogen) atoms. The van der Waals surface area contributed by atoms with Gasteiger partial charge in [0.25, 0.3) is 0 Å². The molecule has 0 aliphatic carbocycles. The normalized spacial score (nSPS) is 16.3. The standard InChI is InChI=1S/C16H18N2O2S/c1-2-11-9-18-15(21-11)7-8-17-16(19)13-10-20-14-6-4-3-5-12(13)14/h3-6,9,13H,2,7-8,10H2,1H3,(H,17,19). The number of hydrogen-bond acceptors (Lipinski definition) is 4. The second-order valence-corrected chi connectivity index (χ2v) is 6.22. The van der Waals surface area contributed by atoms with Crippen molar-refractivity contribution in [2.45, 2.75) is 25.7 Å². The first-order chi connectivity index (χ1) is 10.3. The molecule has 4 nitrogen and oxygen atoms in total. The topological polar surface area (TPSA) is 51.2 Å². The van der Waals surface area contributed by atoms with Gasteiger partial charge in [0.1, 0.15) is 18.3 Å². The first kappa shape index (κ1) is 14.1. The van der Waals surface area contributed by atoms with Crippen molar-refractivity contribution in [3.63, 3.8) is 0 Å². The van der Waals surface area contributed by atoms with Gasteiger partial charge >= 0.3 is 0 Å². The van der Waals surface area contributed by atoms with Gasteiger partial charge in [-0.1, -0.05) is 25.1 Å². The lowest BCUT2D eigenvalue weighted by molar-refractivity contribution is -0.122. The molecule has 2 heterocycles. The van der Waals surface area contributed by atoms with E-state index >= 15 is 0 Å². The molecular weight excluding hydrogens is 284 g/mol. The zero-order chi connectivity index (χ0) is 14.7. The maximum Gasteiger partial charge on any atom is 0.231 e. The quantitative estimate of drug-likeness (QED) is 0.923. The van der Waals surface area contributed by atoms with E-state index in [1.165, 1.54) is 4.88 Å². The molecule has 1 aromatic carbocycles. The Morgan fingerprint density at radius 2 is 2.33 bits per heavy atom. The van der Waals surface area contributed by atoms with E-state index in [-0.39, 0.29) is 11.8 Å². The first-order valence-corrected chi connectivity index (χ1v) is 8.02. The molecule has 2 aromatic rings. The molecular formula is C16H18N2O2S. The predicted octanol–water partition coefficient (Wildman–Crippen LogP) is 2.54. The summed E-state index contributed by atoms with van der Waals surface area (Å²) >= 11 is 1.72. The highest BCUT2D eigenvalue weighted by molar-refractivity contribution is 7.11. The number of aromatic nitrogens is 1. The number of ether oxygens (including phenoxy) is 1. The van der Waals surface area contributed by atoms with Gasteiger partial charge in [0.15, 0.2) is 0 Å². The molecule has 0 saturated heterocycles. The van der Waals surface area contributed by atoms with Gasteiger partial charge in [0.05, 0.1) is 5.01 Å². The Bertz CT molecular complexity index is 639. The molecule has 0 radical (unpaired) electrons. The predicted molar refractivity (Wildman–Crippen MR) is 82.9 cm³/mol. The van der Waals surface area contributed by atoms with Crippen LogP contribution in [0, 0.1) is 0 Å². The van der Waals surface area contributed by atoms with E-state index in [1.807, 2.05) is 30.5 Å². The van der Waals surface area contributed by atoms with Crippen LogP contribution in [0.1, 0.15) is 28.3 Å². The Morgan fingerprint density at radius 3 is 3.14 bits per heavy atom. The number of rotatable bonds is 5. The molecule has 0 bridgehead atoms. The number of nitrogens with zero attached hydrogens (tertiary/aromatic N) is 1. The number of fused-ring (bicyclic) bond motifs is 1. The van der Waals surface area contributed by atoms with Crippen LogP contribution in [0.5, 0.6) is 5.75 Å². The highest BCUT2D eigenvalue weighted by atomic mass is 32.1. The number of para-hydroxylation sites is 1. The van der Waals surface area contributed by atoms with Crippen molar-refractivity contribution in [1.29, 1.82) is 0 Å². The Kier molecular flexibility index (Phi) is 4.20. The summed E-state index contributed by atoms with van der Waals surface area (Å²) in [5.74, 6) is 0.668. The van der Waals surface area contributed by atoms with Crippen LogP contribution in [0.3, 0.4) is 0 Å². The van der Waals surface area contributed by atoms with Gasteiger partial charge in [-0.25, -0.2) is 4.98 Å². The average Bonchev–Trinajstić information content (AvgIpc) is 3.13. The fourth-order valence-corrected chi connectivity index (χ4v) is 3.28. The summed E-state index contributed by atoms with van der Waals surface area (Å²) in [6.45, 7) is 3.17. The smallest absolute Gasteiger partial charge is 0.231 e. The third-order valence-corrected chi connectivity index (χ3v) is 4.81. The minimum atomic E-state index is -0.191. The van der Waals surface area contributed by atoms with Gasteiger partial charge in [0, 0.05) is 29.6 Å². The fraction of sp³-hybridized carbons (Fsp3) is 0.375. The highest BCUT2D eigenvalue weighted by Gasteiger charge is 2.29. The number of carbonyl (C=O) groups excluding carboxylic acids is 1. The van der Waals surface area contributed by atoms with E-state index in [0.29, 0.717) is 13.2 Å². The van der Waals surface area contributed by atoms with E-state index < -0.39 is 0 Å². The lowest BCUT2D eigenvalue weighted by Crippen LogP contribution is -2.31.